The summed E-state index contributed by atoms with van der Waals surface area (Å²) < 4.78 is 5.35. The summed E-state index contributed by atoms with van der Waals surface area (Å²) in [6.07, 6.45) is -3.73. The van der Waals surface area contributed by atoms with Gasteiger partial charge in [-0.1, -0.05) is 94.4 Å². The lowest BCUT2D eigenvalue weighted by atomic mass is 10.0. The molecule has 4 aromatic carbocycles. The molecule has 0 saturated carbocycles. The van der Waals surface area contributed by atoms with Crippen molar-refractivity contribution < 1.29 is 128 Å². The molecule has 1 fully saturated rings. The van der Waals surface area contributed by atoms with E-state index in [2.05, 4.69) is 79.2 Å². The number of nitrogens with one attached hydrogen (secondary N) is 14. The number of rotatable bonds is 45. The number of carbonyl (C=O) groups is 15. The summed E-state index contributed by atoms with van der Waals surface area (Å²) in [5.74, 6) is -16.0. The molecule has 2 heterocycles. The number of hydrazine groups is 1. The Morgan fingerprint density at radius 3 is 1.80 bits per heavy atom. The number of hydrogen-bond donors (Lipinski definition) is 23. The molecule has 1 aliphatic heterocycles. The summed E-state index contributed by atoms with van der Waals surface area (Å²) in [5, 5.41) is 119. The van der Waals surface area contributed by atoms with Gasteiger partial charge in [0.05, 0.1) is 70.5 Å². The smallest absolute Gasteiger partial charge is 0.407 e. The number of aliphatic hydroxyl groups excluding tert-OH is 3. The lowest BCUT2D eigenvalue weighted by Crippen LogP contribution is -2.62. The zero-order valence-electron chi connectivity index (χ0n) is 71.2. The van der Waals surface area contributed by atoms with Crippen LogP contribution in [-0.2, 0) is 102 Å². The van der Waals surface area contributed by atoms with Crippen LogP contribution < -0.4 is 69.3 Å². The number of fused-ring (bicyclic) bond motifs is 1. The molecule has 6 rings (SSSR count). The average Bonchev–Trinajstić information content (AvgIpc) is 1.59. The van der Waals surface area contributed by atoms with E-state index in [-0.39, 0.29) is 75.4 Å². The summed E-state index contributed by atoms with van der Waals surface area (Å²) in [7, 11) is 1.70. The number of aromatic amines is 1. The fourth-order valence-electron chi connectivity index (χ4n) is 13.3. The van der Waals surface area contributed by atoms with Gasteiger partial charge >= 0.3 is 30.0 Å². The summed E-state index contributed by atoms with van der Waals surface area (Å²) >= 11 is 5.37. The Morgan fingerprint density at radius 1 is 0.625 bits per heavy atom. The highest BCUT2D eigenvalue weighted by Crippen LogP contribution is 2.26. The van der Waals surface area contributed by atoms with Crippen LogP contribution in [0.4, 0.5) is 10.5 Å². The van der Waals surface area contributed by atoms with Crippen molar-refractivity contribution in [1.29, 1.82) is 0 Å². The van der Waals surface area contributed by atoms with Crippen LogP contribution in [0, 0.1) is 0 Å². The molecule has 1 aliphatic rings. The fraction of sp³-hybridized carbons (Fsp3) is 0.488. The zero-order valence-corrected chi connectivity index (χ0v) is 73.7. The number of Topliss-reactive ketones (excluding diaryl/α,β-unsaturated/α-hetero) is 1. The maximum atomic E-state index is 15.3. The van der Waals surface area contributed by atoms with Gasteiger partial charge in [-0.05, 0) is 132 Å². The fourth-order valence-corrected chi connectivity index (χ4v) is 15.9. The van der Waals surface area contributed by atoms with Crippen molar-refractivity contribution in [3.63, 3.8) is 0 Å². The van der Waals surface area contributed by atoms with E-state index in [4.69, 9.17) is 17.0 Å². The van der Waals surface area contributed by atoms with Crippen molar-refractivity contribution in [2.45, 2.75) is 171 Å². The molecule has 4 unspecified atom stereocenters. The van der Waals surface area contributed by atoms with Crippen LogP contribution in [0.3, 0.4) is 0 Å². The first-order chi connectivity index (χ1) is 60.6. The van der Waals surface area contributed by atoms with Crippen LogP contribution in [0.25, 0.3) is 10.9 Å². The van der Waals surface area contributed by atoms with Crippen molar-refractivity contribution in [3.05, 3.63) is 132 Å². The first kappa shape index (κ1) is 105. The van der Waals surface area contributed by atoms with Crippen molar-refractivity contribution in [3.8, 4) is 5.75 Å². The van der Waals surface area contributed by atoms with Crippen molar-refractivity contribution in [2.24, 2.45) is 0 Å². The van der Waals surface area contributed by atoms with Gasteiger partial charge in [-0.15, -0.1) is 0 Å². The number of carbonyl (C=O) groups excluding carboxylic acids is 11. The highest BCUT2D eigenvalue weighted by molar-refractivity contribution is 8.76. The number of aliphatic hydroxyl groups is 3. The third kappa shape index (κ3) is 38.2. The third-order valence-electron chi connectivity index (χ3n) is 19.5. The molecule has 128 heavy (non-hydrogen) atoms. The summed E-state index contributed by atoms with van der Waals surface area (Å²) in [5.41, 5.74) is 7.13. The number of aromatic nitrogens is 1. The average molecular weight is 1850 g/mol. The standard InChI is InChI=1S/C82H113N17O26S3/c1-46(36-97(38-68(107)108)39-69(109)110)99(45-124-123)54(37-98(40-70(111)112)41-71(113)114)28-50-19-23-53(24-20-50)87-80(126)95-67(106)35-86-85-34-56(104)32-66(105)88-60(29-49-14-8-7-9-15-49)74(116)93-64-43-127-128-44-65(78(120)92-63(42-100)47(2)101)94-79(121)72(48(3)102)96-73(115)59(18-12-13-27-83-81(122)125-82(4,5)6)89-76(118)62(31-52-33-84-58-17-11-10-16-57(52)58)91-75(117)61(90-77(64)119)30-51-21-25-55(103)26-22-51/h7-11,14-17,19-26,33,46-48,54,59-65,72,84-86,100-103,123H,12-13,18,27-32,34-45H2,1-6H3,(H,83,122)(H,88,105)(H,89,118)(H,90,119)(H,91,117)(H,92,120)(H,93,116)(H,94,121)(H,96,115)(H,107,108)(H,109,110)(H,111,112)(H,113,114)(H2,87,95,106,126)/t46-,47+,48+,54+,59-,60?,61-,62?,63+,64?,65?,72-/m0/s1. The molecule has 43 nitrogen and oxygen atoms in total. The monoisotopic (exact) mass is 1850 g/mol. The number of phenols is 1. The second kappa shape index (κ2) is 53.3. The van der Waals surface area contributed by atoms with Gasteiger partial charge in [-0.25, -0.2) is 20.5 Å². The second-order valence-corrected chi connectivity index (χ2v) is 34.3. The van der Waals surface area contributed by atoms with E-state index in [0.29, 0.717) is 38.8 Å². The Bertz CT molecular complexity index is 4560. The van der Waals surface area contributed by atoms with Gasteiger partial charge < -0.3 is 109 Å². The van der Waals surface area contributed by atoms with Crippen LogP contribution in [0.5, 0.6) is 5.75 Å². The second-order valence-electron chi connectivity index (χ2n) is 31.3. The molecule has 10 amide bonds. The predicted octanol–water partition coefficient (Wildman–Crippen LogP) is -1.82. The van der Waals surface area contributed by atoms with Gasteiger partial charge in [0.2, 0.25) is 53.2 Å². The number of carboxylic acid groups (broad SMARTS) is 4. The van der Waals surface area contributed by atoms with Crippen LogP contribution in [0.1, 0.15) is 89.5 Å². The minimum Gasteiger partial charge on any atom is -0.508 e. The highest BCUT2D eigenvalue weighted by atomic mass is 33.1. The SMILES string of the molecule is C[C@@H](O)[C@@H]1NC(=O)[C@H](CCCCNC(=O)OC(C)(C)C)NC(=O)C(Cc2c[nH]c3ccccc23)NC(=O)[C@H](Cc2ccc(O)cc2)NC(=O)C(NC(=O)C(Cc2ccccc2)NC(=O)CC(=O)CNNCC(=O)NC(=S)Nc2ccc(C[C@H](CN(CC(=O)O)CC(=O)O)N(COO)[C@@H](C)CN(CC(=O)O)CC(=O)O)cc2)CSSCC(C(=O)N[C@H](CO)[C@@H](C)O)NC1=O. The first-order valence-corrected chi connectivity index (χ1v) is 43.5. The number of para-hydroxylation sites is 1. The van der Waals surface area contributed by atoms with Crippen LogP contribution in [-0.4, -0.2) is 322 Å². The Morgan fingerprint density at radius 2 is 1.20 bits per heavy atom. The quantitative estimate of drug-likeness (QED) is 0.00388. The number of unbranched alkanes of at least 4 members (excludes halogenated alkanes) is 1. The van der Waals surface area contributed by atoms with E-state index < -0.39 is 238 Å². The number of ketones is 1. The van der Waals surface area contributed by atoms with E-state index in [1.165, 1.54) is 43.0 Å². The van der Waals surface area contributed by atoms with Crippen LogP contribution in [0.2, 0.25) is 0 Å². The number of thiocarbonyl (C=S) groups is 1. The normalized spacial score (nSPS) is 18.3. The Balaban J connectivity index is 1.22. The van der Waals surface area contributed by atoms with Gasteiger partial charge in [-0.3, -0.25) is 87.1 Å². The highest BCUT2D eigenvalue weighted by Gasteiger charge is 2.39. The molecule has 0 bridgehead atoms. The molecule has 0 spiro atoms. The number of ether oxygens (including phenoxy) is 1. The number of nitrogens with zero attached hydrogens (tertiary/aromatic N) is 3. The molecule has 0 radical (unpaired) electrons. The van der Waals surface area contributed by atoms with E-state index >= 15 is 19.2 Å². The number of aliphatic carboxylic acids is 4. The van der Waals surface area contributed by atoms with Gasteiger partial charge in [-0.2, -0.15) is 0 Å². The molecule has 12 atom stereocenters. The summed E-state index contributed by atoms with van der Waals surface area (Å²) in [6.45, 7) is 3.41. The van der Waals surface area contributed by atoms with E-state index in [1.54, 1.807) is 113 Å². The first-order valence-electron chi connectivity index (χ1n) is 40.6. The lowest BCUT2D eigenvalue weighted by Gasteiger charge is -2.39. The van der Waals surface area contributed by atoms with Gasteiger partial charge in [0, 0.05) is 85.3 Å². The summed E-state index contributed by atoms with van der Waals surface area (Å²) in [4.78, 5) is 216. The third-order valence-corrected chi connectivity index (χ3v) is 22.1. The number of carboxylic acids is 4. The lowest BCUT2D eigenvalue weighted by molar-refractivity contribution is -0.277. The molecular weight excluding hydrogens is 1740 g/mol. The Labute approximate surface area is 749 Å². The predicted molar refractivity (Wildman–Crippen MR) is 470 cm³/mol. The summed E-state index contributed by atoms with van der Waals surface area (Å²) in [6, 6.07) is 12.6. The number of phenolic OH excluding ortho intramolecular Hbond substituents is 1. The van der Waals surface area contributed by atoms with Crippen LogP contribution in [0.15, 0.2) is 109 Å². The minimum absolute atomic E-state index is 0.0243. The zero-order chi connectivity index (χ0) is 94.3. The molecular formula is C82H113N17O26S3. The largest absolute Gasteiger partial charge is 0.508 e. The van der Waals surface area contributed by atoms with Gasteiger partial charge in [0.15, 0.2) is 10.9 Å². The number of aromatic hydroxyl groups is 1. The van der Waals surface area contributed by atoms with Gasteiger partial charge in [0.25, 0.3) is 0 Å². The van der Waals surface area contributed by atoms with E-state index in [9.17, 15) is 98.8 Å². The van der Waals surface area contributed by atoms with Crippen molar-refractivity contribution in [1.82, 2.24) is 83.7 Å². The van der Waals surface area contributed by atoms with Crippen molar-refractivity contribution in [2.75, 3.05) is 89.1 Å². The molecule has 1 aromatic heterocycles. The molecule has 23 N–H and O–H groups in total. The Hall–Kier alpha value is -11.5. The number of benzene rings is 4. The molecule has 1 saturated heterocycles. The molecule has 46 heteroatoms. The molecule has 0 aliphatic carbocycles. The molecule has 5 aromatic rings. The van der Waals surface area contributed by atoms with E-state index in [1.807, 2.05) is 0 Å². The topological polar surface area (TPSA) is 638 Å². The maximum absolute atomic E-state index is 15.3. The number of anilines is 1. The van der Waals surface area contributed by atoms with Crippen molar-refractivity contribution >= 4 is 144 Å². The Kier molecular flexibility index (Phi) is 43.8. The number of amides is 10. The molecule has 700 valence electrons. The minimum atomic E-state index is -1.86. The van der Waals surface area contributed by atoms with E-state index in [0.717, 1.165) is 31.4 Å². The number of alkyl carbamates (subject to hydrolysis) is 1. The number of hydrogen-bond acceptors (Lipinski definition) is 30. The van der Waals surface area contributed by atoms with Gasteiger partial charge in [0.1, 0.15) is 60.4 Å². The number of H-pyrrole nitrogens is 1. The van der Waals surface area contributed by atoms with Crippen LogP contribution >= 0.6 is 33.8 Å². The maximum Gasteiger partial charge on any atom is 0.407 e.